The summed E-state index contributed by atoms with van der Waals surface area (Å²) < 4.78 is 0. The van der Waals surface area contributed by atoms with E-state index in [0.29, 0.717) is 5.03 Å². The highest BCUT2D eigenvalue weighted by molar-refractivity contribution is 6.31. The molecule has 0 amide bonds. The van der Waals surface area contributed by atoms with Gasteiger partial charge in [0.2, 0.25) is 0 Å². The van der Waals surface area contributed by atoms with Gasteiger partial charge in [-0.25, -0.2) is 0 Å². The van der Waals surface area contributed by atoms with E-state index in [-0.39, 0.29) is 5.76 Å². The Morgan fingerprint density at radius 2 is 2.38 bits per heavy atom. The summed E-state index contributed by atoms with van der Waals surface area (Å²) in [5, 5.41) is 9.38. The lowest BCUT2D eigenvalue weighted by Crippen LogP contribution is -1.87. The van der Waals surface area contributed by atoms with Crippen LogP contribution in [-0.2, 0) is 0 Å². The smallest absolute Gasteiger partial charge is 0.0978 e. The van der Waals surface area contributed by atoms with Gasteiger partial charge in [0, 0.05) is 11.5 Å². The maximum atomic E-state index is 8.76. The van der Waals surface area contributed by atoms with Gasteiger partial charge in [0.25, 0.3) is 0 Å². The second-order valence-corrected chi connectivity index (χ2v) is 2.03. The van der Waals surface area contributed by atoms with Gasteiger partial charge in [0.15, 0.2) is 0 Å². The minimum atomic E-state index is 0.262. The average molecular weight is 130 g/mol. The fourth-order valence-electron chi connectivity index (χ4n) is 0.551. The van der Waals surface area contributed by atoms with E-state index in [1.165, 1.54) is 6.08 Å². The number of hydrogen-bond donors (Lipinski definition) is 1. The van der Waals surface area contributed by atoms with Crippen molar-refractivity contribution >= 4 is 11.6 Å². The zero-order valence-electron chi connectivity index (χ0n) is 4.26. The molecule has 8 heavy (non-hydrogen) atoms. The summed E-state index contributed by atoms with van der Waals surface area (Å²) in [5.74, 6) is 0.262. The predicted octanol–water partition coefficient (Wildman–Crippen LogP) is 2.16. The molecule has 0 spiro atoms. The van der Waals surface area contributed by atoms with E-state index in [1.807, 2.05) is 6.08 Å². The molecule has 0 saturated heterocycles. The molecule has 1 rings (SSSR count). The van der Waals surface area contributed by atoms with Crippen LogP contribution in [0.2, 0.25) is 0 Å². The first kappa shape index (κ1) is 5.70. The average Bonchev–Trinajstić information content (AvgIpc) is 1.64. The second-order valence-electron chi connectivity index (χ2n) is 1.60. The van der Waals surface area contributed by atoms with Crippen molar-refractivity contribution < 1.29 is 5.11 Å². The SMILES string of the molecule is OC1=CC(Cl)=CC[CH]1. The van der Waals surface area contributed by atoms with Crippen LogP contribution in [0.15, 0.2) is 22.9 Å². The molecule has 2 heteroatoms. The van der Waals surface area contributed by atoms with E-state index in [2.05, 4.69) is 0 Å². The number of halogens is 1. The summed E-state index contributed by atoms with van der Waals surface area (Å²) in [5.41, 5.74) is 0. The number of aliphatic hydroxyl groups excluding tert-OH is 1. The van der Waals surface area contributed by atoms with E-state index < -0.39 is 0 Å². The van der Waals surface area contributed by atoms with Crippen molar-refractivity contribution in [2.75, 3.05) is 0 Å². The fourth-order valence-corrected chi connectivity index (χ4v) is 0.752. The standard InChI is InChI=1S/C6H6ClO/c7-5-2-1-3-6(8)4-5/h2-4,8H,1H2. The van der Waals surface area contributed by atoms with Crippen molar-refractivity contribution in [3.05, 3.63) is 29.4 Å². The first-order valence-electron chi connectivity index (χ1n) is 2.38. The first-order chi connectivity index (χ1) is 3.79. The third-order valence-electron chi connectivity index (χ3n) is 0.926. The molecule has 0 atom stereocenters. The summed E-state index contributed by atoms with van der Waals surface area (Å²) in [6.07, 6.45) is 5.79. The van der Waals surface area contributed by atoms with Crippen molar-refractivity contribution in [3.8, 4) is 0 Å². The van der Waals surface area contributed by atoms with Gasteiger partial charge in [0.05, 0.1) is 5.76 Å². The zero-order valence-corrected chi connectivity index (χ0v) is 5.02. The van der Waals surface area contributed by atoms with Crippen molar-refractivity contribution in [2.45, 2.75) is 6.42 Å². The molecular formula is C6H6ClO. The summed E-state index contributed by atoms with van der Waals surface area (Å²) in [6, 6.07) is 0. The Hall–Kier alpha value is -0.430. The maximum Gasteiger partial charge on any atom is 0.0978 e. The zero-order chi connectivity index (χ0) is 5.98. The minimum Gasteiger partial charge on any atom is -0.512 e. The molecule has 0 aromatic rings. The predicted molar refractivity (Wildman–Crippen MR) is 33.6 cm³/mol. The monoisotopic (exact) mass is 129 g/mol. The van der Waals surface area contributed by atoms with Gasteiger partial charge in [-0.15, -0.1) is 0 Å². The van der Waals surface area contributed by atoms with Gasteiger partial charge in [-0.05, 0) is 12.5 Å². The van der Waals surface area contributed by atoms with E-state index in [4.69, 9.17) is 16.7 Å². The highest BCUT2D eigenvalue weighted by Crippen LogP contribution is 2.16. The summed E-state index contributed by atoms with van der Waals surface area (Å²) in [4.78, 5) is 0. The van der Waals surface area contributed by atoms with Gasteiger partial charge in [0.1, 0.15) is 0 Å². The van der Waals surface area contributed by atoms with Crippen LogP contribution in [-0.4, -0.2) is 5.11 Å². The number of allylic oxidation sites excluding steroid dienone is 4. The van der Waals surface area contributed by atoms with Gasteiger partial charge in [-0.1, -0.05) is 17.7 Å². The van der Waals surface area contributed by atoms with Crippen LogP contribution in [0.5, 0.6) is 0 Å². The quantitative estimate of drug-likeness (QED) is 0.532. The Morgan fingerprint density at radius 1 is 1.62 bits per heavy atom. The van der Waals surface area contributed by atoms with Crippen molar-refractivity contribution in [1.82, 2.24) is 0 Å². The van der Waals surface area contributed by atoms with Crippen LogP contribution in [0.3, 0.4) is 0 Å². The third-order valence-corrected chi connectivity index (χ3v) is 1.19. The van der Waals surface area contributed by atoms with Crippen LogP contribution in [0.4, 0.5) is 0 Å². The lowest BCUT2D eigenvalue weighted by molar-refractivity contribution is 0.417. The fraction of sp³-hybridized carbons (Fsp3) is 0.167. The second kappa shape index (κ2) is 2.23. The molecule has 1 aliphatic rings. The largest absolute Gasteiger partial charge is 0.512 e. The molecule has 0 fully saturated rings. The Labute approximate surface area is 53.3 Å². The van der Waals surface area contributed by atoms with Gasteiger partial charge < -0.3 is 5.11 Å². The molecule has 0 unspecified atom stereocenters. The molecule has 0 bridgehead atoms. The molecule has 1 N–H and O–H groups in total. The number of aliphatic hydroxyl groups is 1. The van der Waals surface area contributed by atoms with E-state index in [0.717, 1.165) is 6.42 Å². The summed E-state index contributed by atoms with van der Waals surface area (Å²) in [6.45, 7) is 0. The van der Waals surface area contributed by atoms with Gasteiger partial charge in [-0.2, -0.15) is 0 Å². The molecule has 0 aliphatic heterocycles. The molecule has 0 heterocycles. The van der Waals surface area contributed by atoms with Crippen molar-refractivity contribution in [1.29, 1.82) is 0 Å². The Balaban J connectivity index is 2.69. The molecule has 0 aromatic heterocycles. The third kappa shape index (κ3) is 1.27. The van der Waals surface area contributed by atoms with Crippen molar-refractivity contribution in [2.24, 2.45) is 0 Å². The summed E-state index contributed by atoms with van der Waals surface area (Å²) >= 11 is 5.52. The minimum absolute atomic E-state index is 0.262. The van der Waals surface area contributed by atoms with Crippen LogP contribution < -0.4 is 0 Å². The normalized spacial score (nSPS) is 19.6. The molecule has 1 aliphatic carbocycles. The Bertz CT molecular complexity index is 147. The van der Waals surface area contributed by atoms with E-state index in [9.17, 15) is 0 Å². The molecule has 1 radical (unpaired) electrons. The van der Waals surface area contributed by atoms with Crippen LogP contribution in [0.25, 0.3) is 0 Å². The molecule has 0 saturated carbocycles. The lowest BCUT2D eigenvalue weighted by atomic mass is 10.2. The van der Waals surface area contributed by atoms with Gasteiger partial charge >= 0.3 is 0 Å². The van der Waals surface area contributed by atoms with Crippen LogP contribution in [0.1, 0.15) is 6.42 Å². The highest BCUT2D eigenvalue weighted by atomic mass is 35.5. The van der Waals surface area contributed by atoms with Crippen molar-refractivity contribution in [3.63, 3.8) is 0 Å². The summed E-state index contributed by atoms with van der Waals surface area (Å²) in [7, 11) is 0. The van der Waals surface area contributed by atoms with E-state index >= 15 is 0 Å². The maximum absolute atomic E-state index is 8.76. The Kier molecular flexibility index (Phi) is 1.59. The highest BCUT2D eigenvalue weighted by Gasteiger charge is 1.99. The topological polar surface area (TPSA) is 20.2 Å². The van der Waals surface area contributed by atoms with Crippen LogP contribution >= 0.6 is 11.6 Å². The van der Waals surface area contributed by atoms with E-state index in [1.54, 1.807) is 6.42 Å². The number of hydrogen-bond acceptors (Lipinski definition) is 1. The molecule has 0 aromatic carbocycles. The molecule has 1 nitrogen and oxygen atoms in total. The first-order valence-corrected chi connectivity index (χ1v) is 2.76. The molecular weight excluding hydrogens is 124 g/mol. The molecule has 43 valence electrons. The van der Waals surface area contributed by atoms with Crippen LogP contribution in [0, 0.1) is 6.42 Å². The lowest BCUT2D eigenvalue weighted by Gasteiger charge is -2.01. The number of rotatable bonds is 0. The van der Waals surface area contributed by atoms with Gasteiger partial charge in [-0.3, -0.25) is 0 Å². The Morgan fingerprint density at radius 3 is 2.75 bits per heavy atom.